The predicted molar refractivity (Wildman–Crippen MR) is 107 cm³/mol. The van der Waals surface area contributed by atoms with Gasteiger partial charge >= 0.3 is 6.18 Å². The molecule has 0 saturated carbocycles. The normalized spacial score (nSPS) is 17.7. The number of pyridine rings is 1. The fourth-order valence-electron chi connectivity index (χ4n) is 3.03. The Hall–Kier alpha value is -3.50. The van der Waals surface area contributed by atoms with E-state index in [4.69, 9.17) is 9.47 Å². The van der Waals surface area contributed by atoms with Crippen molar-refractivity contribution >= 4 is 11.6 Å². The van der Waals surface area contributed by atoms with Crippen molar-refractivity contribution in [1.29, 1.82) is 0 Å². The molecule has 2 heterocycles. The third-order valence-corrected chi connectivity index (χ3v) is 4.70. The Kier molecular flexibility index (Phi) is 5.81. The van der Waals surface area contributed by atoms with E-state index < -0.39 is 23.5 Å². The minimum atomic E-state index is -4.59. The molecule has 1 aliphatic heterocycles. The van der Waals surface area contributed by atoms with Crippen molar-refractivity contribution in [3.63, 3.8) is 0 Å². The van der Waals surface area contributed by atoms with Crippen molar-refractivity contribution in [2.24, 2.45) is 0 Å². The molecule has 6 nitrogen and oxygen atoms in total. The smallest absolute Gasteiger partial charge is 0.416 e. The van der Waals surface area contributed by atoms with E-state index in [1.54, 1.807) is 25.4 Å². The van der Waals surface area contributed by atoms with Gasteiger partial charge in [0.05, 0.1) is 16.9 Å². The van der Waals surface area contributed by atoms with Gasteiger partial charge in [-0.25, -0.2) is 4.39 Å². The molecule has 0 aliphatic carbocycles. The van der Waals surface area contributed by atoms with Gasteiger partial charge in [0.15, 0.2) is 0 Å². The Morgan fingerprint density at radius 2 is 1.88 bits per heavy atom. The molecule has 2 unspecified atom stereocenters. The number of halogens is 4. The molecule has 1 aromatic heterocycles. The number of amides is 1. The summed E-state index contributed by atoms with van der Waals surface area (Å²) in [6.07, 6.45) is -3.35. The highest BCUT2D eigenvalue weighted by molar-refractivity contribution is 6.04. The molecular weight excluding hydrogens is 430 g/mol. The van der Waals surface area contributed by atoms with Gasteiger partial charge in [-0.15, -0.1) is 0 Å². The molecule has 2 N–H and O–H groups in total. The lowest BCUT2D eigenvalue weighted by molar-refractivity contribution is -0.137. The second-order valence-electron chi connectivity index (χ2n) is 6.96. The van der Waals surface area contributed by atoms with Gasteiger partial charge in [0.2, 0.25) is 0 Å². The average Bonchev–Trinajstić information content (AvgIpc) is 3.55. The molecule has 1 saturated heterocycles. The van der Waals surface area contributed by atoms with Crippen LogP contribution in [0.4, 0.5) is 23.2 Å². The van der Waals surface area contributed by atoms with Crippen LogP contribution in [0.15, 0.2) is 60.8 Å². The fraction of sp³-hybridized carbons (Fsp3) is 0.182. The fourth-order valence-corrected chi connectivity index (χ4v) is 3.03. The molecule has 10 heteroatoms. The molecule has 2 atom stereocenters. The first kappa shape index (κ1) is 21.7. The standard InChI is InChI=1S/C22H17F4N3O3/c1-27-21-19(32-21)18-11-15(7-8-28-18)31-14-5-6-17(16(23)10-14)29-20(30)12-3-2-4-13(9-12)22(24,25)26/h2-11,19,21,27H,1H3,(H,29,30). The van der Waals surface area contributed by atoms with Crippen molar-refractivity contribution in [3.05, 3.63) is 83.4 Å². The molecule has 32 heavy (non-hydrogen) atoms. The van der Waals surface area contributed by atoms with Crippen LogP contribution in [0.1, 0.15) is 27.7 Å². The van der Waals surface area contributed by atoms with Crippen LogP contribution in [0, 0.1) is 5.82 Å². The number of epoxide rings is 1. The lowest BCUT2D eigenvalue weighted by Gasteiger charge is -2.11. The number of nitrogens with zero attached hydrogens (tertiary/aromatic N) is 1. The maximum absolute atomic E-state index is 14.5. The molecule has 0 bridgehead atoms. The van der Waals surface area contributed by atoms with Gasteiger partial charge in [-0.3, -0.25) is 15.1 Å². The first-order valence-corrected chi connectivity index (χ1v) is 9.49. The van der Waals surface area contributed by atoms with Crippen LogP contribution in [0.3, 0.4) is 0 Å². The van der Waals surface area contributed by atoms with E-state index in [2.05, 4.69) is 15.6 Å². The van der Waals surface area contributed by atoms with E-state index >= 15 is 0 Å². The van der Waals surface area contributed by atoms with Gasteiger partial charge in [0, 0.05) is 23.9 Å². The van der Waals surface area contributed by atoms with Gasteiger partial charge in [-0.1, -0.05) is 6.07 Å². The number of hydrogen-bond donors (Lipinski definition) is 2. The summed E-state index contributed by atoms with van der Waals surface area (Å²) in [4.78, 5) is 16.5. The third-order valence-electron chi connectivity index (χ3n) is 4.70. The van der Waals surface area contributed by atoms with Gasteiger partial charge < -0.3 is 14.8 Å². The van der Waals surface area contributed by atoms with E-state index in [1.807, 2.05) is 0 Å². The summed E-state index contributed by atoms with van der Waals surface area (Å²) in [5.74, 6) is -1.09. The number of benzene rings is 2. The van der Waals surface area contributed by atoms with Crippen LogP contribution in [-0.4, -0.2) is 24.2 Å². The number of aromatic nitrogens is 1. The van der Waals surface area contributed by atoms with Crippen LogP contribution in [0.5, 0.6) is 11.5 Å². The van der Waals surface area contributed by atoms with Gasteiger partial charge in [0.1, 0.15) is 29.6 Å². The highest BCUT2D eigenvalue weighted by atomic mass is 19.4. The summed E-state index contributed by atoms with van der Waals surface area (Å²) < 4.78 is 64.1. The van der Waals surface area contributed by atoms with Crippen molar-refractivity contribution in [3.8, 4) is 11.5 Å². The topological polar surface area (TPSA) is 75.8 Å². The number of carbonyl (C=O) groups excluding carboxylic acids is 1. The maximum atomic E-state index is 14.5. The third kappa shape index (κ3) is 4.87. The number of carbonyl (C=O) groups is 1. The van der Waals surface area contributed by atoms with Gasteiger partial charge in [-0.2, -0.15) is 13.2 Å². The number of anilines is 1. The van der Waals surface area contributed by atoms with Crippen molar-refractivity contribution < 1.29 is 31.8 Å². The number of nitrogens with one attached hydrogen (secondary N) is 2. The average molecular weight is 447 g/mol. The second kappa shape index (κ2) is 8.56. The highest BCUT2D eigenvalue weighted by Gasteiger charge is 2.40. The molecule has 0 spiro atoms. The monoisotopic (exact) mass is 447 g/mol. The quantitative estimate of drug-likeness (QED) is 0.415. The van der Waals surface area contributed by atoms with Crippen molar-refractivity contribution in [1.82, 2.24) is 10.3 Å². The van der Waals surface area contributed by atoms with E-state index in [1.165, 1.54) is 18.2 Å². The first-order valence-electron chi connectivity index (χ1n) is 9.49. The second-order valence-corrected chi connectivity index (χ2v) is 6.96. The number of hydrogen-bond acceptors (Lipinski definition) is 5. The summed E-state index contributed by atoms with van der Waals surface area (Å²) >= 11 is 0. The lowest BCUT2D eigenvalue weighted by atomic mass is 10.1. The van der Waals surface area contributed by atoms with Crippen LogP contribution in [-0.2, 0) is 10.9 Å². The number of rotatable bonds is 6. The molecule has 0 radical (unpaired) electrons. The Bertz CT molecular complexity index is 1150. The van der Waals surface area contributed by atoms with Gasteiger partial charge in [0.25, 0.3) is 5.91 Å². The molecule has 2 aromatic carbocycles. The first-order chi connectivity index (χ1) is 15.2. The predicted octanol–water partition coefficient (Wildman–Crippen LogP) is 4.90. The molecule has 1 amide bonds. The maximum Gasteiger partial charge on any atom is 0.416 e. The summed E-state index contributed by atoms with van der Waals surface area (Å²) in [5.41, 5.74) is -0.750. The van der Waals surface area contributed by atoms with Crippen LogP contribution >= 0.6 is 0 Å². The molecular formula is C22H17F4N3O3. The van der Waals surface area contributed by atoms with Crippen LogP contribution < -0.4 is 15.4 Å². The zero-order valence-corrected chi connectivity index (χ0v) is 16.6. The lowest BCUT2D eigenvalue weighted by Crippen LogP contribution is -2.14. The SMILES string of the molecule is CNC1OC1c1cc(Oc2ccc(NC(=O)c3cccc(C(F)(F)F)c3)c(F)c2)ccn1. The molecule has 4 rings (SSSR count). The minimum Gasteiger partial charge on any atom is -0.457 e. The van der Waals surface area contributed by atoms with E-state index in [-0.39, 0.29) is 29.3 Å². The Morgan fingerprint density at radius 3 is 2.56 bits per heavy atom. The summed E-state index contributed by atoms with van der Waals surface area (Å²) in [6, 6.07) is 10.9. The molecule has 1 fully saturated rings. The minimum absolute atomic E-state index is 0.116. The van der Waals surface area contributed by atoms with E-state index in [0.717, 1.165) is 18.2 Å². The van der Waals surface area contributed by atoms with Crippen LogP contribution in [0.2, 0.25) is 0 Å². The van der Waals surface area contributed by atoms with Crippen LogP contribution in [0.25, 0.3) is 0 Å². The molecule has 1 aliphatic rings. The number of ether oxygens (including phenoxy) is 2. The zero-order valence-electron chi connectivity index (χ0n) is 16.6. The summed E-state index contributed by atoms with van der Waals surface area (Å²) in [7, 11) is 1.77. The highest BCUT2D eigenvalue weighted by Crippen LogP contribution is 2.37. The number of likely N-dealkylation sites (N-methyl/N-ethyl adjacent to an activating group) is 1. The zero-order chi connectivity index (χ0) is 22.9. The Balaban J connectivity index is 1.45. The molecule has 3 aromatic rings. The van der Waals surface area contributed by atoms with E-state index in [9.17, 15) is 22.4 Å². The number of alkyl halides is 3. The largest absolute Gasteiger partial charge is 0.457 e. The Morgan fingerprint density at radius 1 is 1.09 bits per heavy atom. The summed E-state index contributed by atoms with van der Waals surface area (Å²) in [5, 5.41) is 5.23. The van der Waals surface area contributed by atoms with Crippen molar-refractivity contribution in [2.75, 3.05) is 12.4 Å². The van der Waals surface area contributed by atoms with E-state index in [0.29, 0.717) is 17.5 Å². The van der Waals surface area contributed by atoms with Gasteiger partial charge in [-0.05, 0) is 43.4 Å². The Labute approximate surface area is 180 Å². The molecule has 166 valence electrons. The van der Waals surface area contributed by atoms with Crippen molar-refractivity contribution in [2.45, 2.75) is 18.5 Å². The summed E-state index contributed by atoms with van der Waals surface area (Å²) in [6.45, 7) is 0.